The van der Waals surface area contributed by atoms with Crippen molar-refractivity contribution in [3.63, 3.8) is 0 Å². The average molecular weight is 362 g/mol. The molecule has 1 aliphatic heterocycles. The van der Waals surface area contributed by atoms with Crippen LogP contribution in [0.5, 0.6) is 0 Å². The van der Waals surface area contributed by atoms with Gasteiger partial charge in [0.15, 0.2) is 5.78 Å². The quantitative estimate of drug-likeness (QED) is 0.751. The summed E-state index contributed by atoms with van der Waals surface area (Å²) in [6, 6.07) is 12.1. The van der Waals surface area contributed by atoms with E-state index < -0.39 is 5.82 Å². The van der Waals surface area contributed by atoms with Crippen molar-refractivity contribution in [3.05, 3.63) is 69.4 Å². The SMILES string of the molecule is O=C(c1ccc(Br)cc1F)c1ccccc1CN1CCCC1. The first-order valence-electron chi connectivity index (χ1n) is 7.45. The first kappa shape index (κ1) is 15.4. The van der Waals surface area contributed by atoms with Gasteiger partial charge >= 0.3 is 0 Å². The lowest BCUT2D eigenvalue weighted by Crippen LogP contribution is -2.20. The Morgan fingerprint density at radius 3 is 2.55 bits per heavy atom. The number of carbonyl (C=O) groups excluding carboxylic acids is 1. The molecule has 0 atom stereocenters. The largest absolute Gasteiger partial charge is 0.299 e. The fourth-order valence-electron chi connectivity index (χ4n) is 2.88. The second-order valence-electron chi connectivity index (χ2n) is 5.59. The van der Waals surface area contributed by atoms with Crippen LogP contribution in [0.1, 0.15) is 34.3 Å². The summed E-state index contributed by atoms with van der Waals surface area (Å²) >= 11 is 3.22. The lowest BCUT2D eigenvalue weighted by atomic mass is 9.97. The third-order valence-corrected chi connectivity index (χ3v) is 4.52. The monoisotopic (exact) mass is 361 g/mol. The first-order valence-corrected chi connectivity index (χ1v) is 8.24. The molecule has 2 aromatic carbocycles. The zero-order valence-electron chi connectivity index (χ0n) is 12.2. The van der Waals surface area contributed by atoms with Crippen molar-refractivity contribution >= 4 is 21.7 Å². The van der Waals surface area contributed by atoms with E-state index in [0.29, 0.717) is 10.0 Å². The zero-order valence-corrected chi connectivity index (χ0v) is 13.8. The topological polar surface area (TPSA) is 20.3 Å². The van der Waals surface area contributed by atoms with E-state index in [0.717, 1.165) is 25.2 Å². The van der Waals surface area contributed by atoms with Gasteiger partial charge in [0.05, 0.1) is 5.56 Å². The van der Waals surface area contributed by atoms with E-state index in [2.05, 4.69) is 20.8 Å². The fourth-order valence-corrected chi connectivity index (χ4v) is 3.21. The van der Waals surface area contributed by atoms with Crippen molar-refractivity contribution in [1.82, 2.24) is 4.90 Å². The molecule has 1 saturated heterocycles. The third-order valence-electron chi connectivity index (χ3n) is 4.03. The van der Waals surface area contributed by atoms with Gasteiger partial charge in [0, 0.05) is 16.6 Å². The van der Waals surface area contributed by atoms with Crippen LogP contribution >= 0.6 is 15.9 Å². The van der Waals surface area contributed by atoms with Crippen molar-refractivity contribution in [2.75, 3.05) is 13.1 Å². The third kappa shape index (κ3) is 3.28. The molecule has 0 amide bonds. The molecule has 1 fully saturated rings. The summed E-state index contributed by atoms with van der Waals surface area (Å²) in [7, 11) is 0. The van der Waals surface area contributed by atoms with Crippen LogP contribution in [0.2, 0.25) is 0 Å². The second kappa shape index (κ2) is 6.71. The van der Waals surface area contributed by atoms with Gasteiger partial charge in [-0.25, -0.2) is 4.39 Å². The minimum Gasteiger partial charge on any atom is -0.299 e. The standard InChI is InChI=1S/C18H17BrFNO/c19-14-7-8-16(17(20)11-14)18(22)15-6-2-1-5-13(15)12-21-9-3-4-10-21/h1-2,5-8,11H,3-4,9-10,12H2. The van der Waals surface area contributed by atoms with Crippen LogP contribution in [0.4, 0.5) is 4.39 Å². The van der Waals surface area contributed by atoms with Gasteiger partial charge in [-0.2, -0.15) is 0 Å². The Morgan fingerprint density at radius 2 is 1.82 bits per heavy atom. The van der Waals surface area contributed by atoms with Gasteiger partial charge in [0.1, 0.15) is 5.82 Å². The van der Waals surface area contributed by atoms with E-state index in [1.54, 1.807) is 12.1 Å². The first-order chi connectivity index (χ1) is 10.6. The number of benzene rings is 2. The predicted octanol–water partition coefficient (Wildman–Crippen LogP) is 4.42. The lowest BCUT2D eigenvalue weighted by Gasteiger charge is -2.17. The van der Waals surface area contributed by atoms with Gasteiger partial charge in [-0.15, -0.1) is 0 Å². The Morgan fingerprint density at radius 1 is 1.09 bits per heavy atom. The number of likely N-dealkylation sites (tertiary alicyclic amines) is 1. The molecule has 22 heavy (non-hydrogen) atoms. The maximum Gasteiger partial charge on any atom is 0.196 e. The molecule has 2 nitrogen and oxygen atoms in total. The minimum absolute atomic E-state index is 0.122. The van der Waals surface area contributed by atoms with Gasteiger partial charge in [0.25, 0.3) is 0 Å². The van der Waals surface area contributed by atoms with Crippen LogP contribution in [0.25, 0.3) is 0 Å². The molecular formula is C18H17BrFNO. The summed E-state index contributed by atoms with van der Waals surface area (Å²) in [4.78, 5) is 15.0. The maximum absolute atomic E-state index is 14.1. The van der Waals surface area contributed by atoms with Crippen LogP contribution in [-0.4, -0.2) is 23.8 Å². The number of hydrogen-bond donors (Lipinski definition) is 0. The van der Waals surface area contributed by atoms with E-state index in [1.165, 1.54) is 25.0 Å². The average Bonchev–Trinajstić information content (AvgIpc) is 3.00. The van der Waals surface area contributed by atoms with Crippen LogP contribution in [0.3, 0.4) is 0 Å². The summed E-state index contributed by atoms with van der Waals surface area (Å²) in [5.74, 6) is -0.741. The highest BCUT2D eigenvalue weighted by Crippen LogP contribution is 2.22. The van der Waals surface area contributed by atoms with Crippen molar-refractivity contribution in [2.24, 2.45) is 0 Å². The van der Waals surface area contributed by atoms with Crippen LogP contribution < -0.4 is 0 Å². The number of rotatable bonds is 4. The lowest BCUT2D eigenvalue weighted by molar-refractivity contribution is 0.103. The molecule has 0 N–H and O–H groups in total. The Kier molecular flexibility index (Phi) is 4.69. The summed E-state index contributed by atoms with van der Waals surface area (Å²) in [6.45, 7) is 2.88. The summed E-state index contributed by atoms with van der Waals surface area (Å²) in [6.07, 6.45) is 2.41. The number of carbonyl (C=O) groups is 1. The van der Waals surface area contributed by atoms with Crippen molar-refractivity contribution in [1.29, 1.82) is 0 Å². The molecule has 2 aromatic rings. The van der Waals surface area contributed by atoms with Crippen LogP contribution in [-0.2, 0) is 6.54 Å². The number of nitrogens with zero attached hydrogens (tertiary/aromatic N) is 1. The molecule has 1 heterocycles. The van der Waals surface area contributed by atoms with Crippen molar-refractivity contribution in [3.8, 4) is 0 Å². The number of halogens is 2. The van der Waals surface area contributed by atoms with E-state index in [-0.39, 0.29) is 11.3 Å². The molecule has 0 saturated carbocycles. The predicted molar refractivity (Wildman–Crippen MR) is 88.5 cm³/mol. The molecule has 0 bridgehead atoms. The number of ketones is 1. The minimum atomic E-state index is -0.490. The molecule has 0 radical (unpaired) electrons. The highest BCUT2D eigenvalue weighted by atomic mass is 79.9. The van der Waals surface area contributed by atoms with E-state index in [9.17, 15) is 9.18 Å². The molecular weight excluding hydrogens is 345 g/mol. The van der Waals surface area contributed by atoms with E-state index in [4.69, 9.17) is 0 Å². The van der Waals surface area contributed by atoms with Gasteiger partial charge in [0.2, 0.25) is 0 Å². The molecule has 0 aromatic heterocycles. The van der Waals surface area contributed by atoms with Gasteiger partial charge in [-0.3, -0.25) is 9.69 Å². The Hall–Kier alpha value is -1.52. The summed E-state index contributed by atoms with van der Waals surface area (Å²) in [5, 5.41) is 0. The zero-order chi connectivity index (χ0) is 15.5. The Bertz CT molecular complexity index is 695. The van der Waals surface area contributed by atoms with Gasteiger partial charge < -0.3 is 0 Å². The molecule has 4 heteroatoms. The van der Waals surface area contributed by atoms with E-state index in [1.807, 2.05) is 18.2 Å². The van der Waals surface area contributed by atoms with Gasteiger partial charge in [-0.1, -0.05) is 40.2 Å². The van der Waals surface area contributed by atoms with Crippen molar-refractivity contribution in [2.45, 2.75) is 19.4 Å². The van der Waals surface area contributed by atoms with E-state index >= 15 is 0 Å². The summed E-state index contributed by atoms with van der Waals surface area (Å²) in [5.41, 5.74) is 1.68. The molecule has 3 rings (SSSR count). The molecule has 0 spiro atoms. The van der Waals surface area contributed by atoms with Crippen LogP contribution in [0.15, 0.2) is 46.9 Å². The fraction of sp³-hybridized carbons (Fsp3) is 0.278. The highest BCUT2D eigenvalue weighted by Gasteiger charge is 2.19. The Balaban J connectivity index is 1.91. The normalized spacial score (nSPS) is 15.2. The van der Waals surface area contributed by atoms with Crippen LogP contribution in [0, 0.1) is 5.82 Å². The Labute approximate surface area is 138 Å². The summed E-state index contributed by atoms with van der Waals surface area (Å²) < 4.78 is 14.7. The highest BCUT2D eigenvalue weighted by molar-refractivity contribution is 9.10. The van der Waals surface area contributed by atoms with Crippen molar-refractivity contribution < 1.29 is 9.18 Å². The maximum atomic E-state index is 14.1. The number of hydrogen-bond acceptors (Lipinski definition) is 2. The molecule has 0 unspecified atom stereocenters. The molecule has 114 valence electrons. The molecule has 0 aliphatic carbocycles. The molecule has 1 aliphatic rings. The smallest absolute Gasteiger partial charge is 0.196 e. The van der Waals surface area contributed by atoms with Gasteiger partial charge in [-0.05, 0) is 49.7 Å². The second-order valence-corrected chi connectivity index (χ2v) is 6.51.